The van der Waals surface area contributed by atoms with Gasteiger partial charge in [-0.2, -0.15) is 0 Å². The molecule has 5 nitrogen and oxygen atoms in total. The van der Waals surface area contributed by atoms with Gasteiger partial charge in [0.05, 0.1) is 5.92 Å². The van der Waals surface area contributed by atoms with Gasteiger partial charge in [-0.25, -0.2) is 0 Å². The van der Waals surface area contributed by atoms with Crippen molar-refractivity contribution in [2.24, 2.45) is 40.4 Å². The lowest BCUT2D eigenvalue weighted by Crippen LogP contribution is -2.54. The maximum absolute atomic E-state index is 12.6. The number of rotatable bonds is 3. The number of esters is 2. The monoisotopic (exact) mass is 418 g/mol. The van der Waals surface area contributed by atoms with Crippen molar-refractivity contribution in [3.8, 4) is 0 Å². The van der Waals surface area contributed by atoms with Crippen LogP contribution in [0.3, 0.4) is 0 Å². The normalized spacial score (nSPS) is 47.4. The Balaban J connectivity index is 1.57. The SMILES string of the molecule is CC(=O)O[C@H]1CC[C@@]2(C)[C@@H](CC[C@@H]3[C@H]2CC[C@@]2(C)[C@H]3C[C@@H](OC(C)=O)[C@@H]2C(C)=O)C1. The topological polar surface area (TPSA) is 69.7 Å². The lowest BCUT2D eigenvalue weighted by atomic mass is 9.44. The van der Waals surface area contributed by atoms with E-state index >= 15 is 0 Å². The summed E-state index contributed by atoms with van der Waals surface area (Å²) < 4.78 is 11.3. The molecular formula is C25H38O5. The van der Waals surface area contributed by atoms with E-state index in [1.165, 1.54) is 26.7 Å². The molecule has 4 rings (SSSR count). The molecule has 0 amide bonds. The van der Waals surface area contributed by atoms with Crippen molar-refractivity contribution in [1.29, 1.82) is 0 Å². The molecular weight excluding hydrogens is 380 g/mol. The third-order valence-corrected chi connectivity index (χ3v) is 9.71. The summed E-state index contributed by atoms with van der Waals surface area (Å²) in [7, 11) is 0. The van der Waals surface area contributed by atoms with Crippen molar-refractivity contribution in [2.45, 2.75) is 98.2 Å². The molecule has 0 spiro atoms. The van der Waals surface area contributed by atoms with E-state index in [0.29, 0.717) is 23.7 Å². The van der Waals surface area contributed by atoms with E-state index in [4.69, 9.17) is 9.47 Å². The Morgan fingerprint density at radius 1 is 0.767 bits per heavy atom. The van der Waals surface area contributed by atoms with Gasteiger partial charge in [-0.1, -0.05) is 13.8 Å². The number of hydrogen-bond acceptors (Lipinski definition) is 5. The Morgan fingerprint density at radius 2 is 1.43 bits per heavy atom. The van der Waals surface area contributed by atoms with Crippen LogP contribution in [0.15, 0.2) is 0 Å². The Hall–Kier alpha value is -1.39. The predicted molar refractivity (Wildman–Crippen MR) is 112 cm³/mol. The number of carbonyl (C=O) groups excluding carboxylic acids is 3. The van der Waals surface area contributed by atoms with E-state index in [2.05, 4.69) is 13.8 Å². The Bertz CT molecular complexity index is 731. The number of ketones is 1. The van der Waals surface area contributed by atoms with Gasteiger partial charge in [-0.15, -0.1) is 0 Å². The van der Waals surface area contributed by atoms with Crippen LogP contribution in [0.5, 0.6) is 0 Å². The highest BCUT2D eigenvalue weighted by molar-refractivity contribution is 5.81. The van der Waals surface area contributed by atoms with Crippen LogP contribution < -0.4 is 0 Å². The quantitative estimate of drug-likeness (QED) is 0.621. The third kappa shape index (κ3) is 3.40. The van der Waals surface area contributed by atoms with Crippen molar-refractivity contribution in [3.05, 3.63) is 0 Å². The summed E-state index contributed by atoms with van der Waals surface area (Å²) in [4.78, 5) is 35.8. The van der Waals surface area contributed by atoms with Gasteiger partial charge in [-0.05, 0) is 92.8 Å². The van der Waals surface area contributed by atoms with Gasteiger partial charge < -0.3 is 9.47 Å². The molecule has 4 saturated carbocycles. The van der Waals surface area contributed by atoms with E-state index in [1.807, 2.05) is 0 Å². The minimum absolute atomic E-state index is 0.0642. The minimum Gasteiger partial charge on any atom is -0.463 e. The van der Waals surface area contributed by atoms with Crippen molar-refractivity contribution in [2.75, 3.05) is 0 Å². The van der Waals surface area contributed by atoms with Crippen molar-refractivity contribution in [1.82, 2.24) is 0 Å². The van der Waals surface area contributed by atoms with Gasteiger partial charge in [0.25, 0.3) is 0 Å². The summed E-state index contributed by atoms with van der Waals surface area (Å²) in [6.45, 7) is 9.41. The highest BCUT2D eigenvalue weighted by Gasteiger charge is 2.64. The van der Waals surface area contributed by atoms with E-state index in [-0.39, 0.29) is 46.7 Å². The van der Waals surface area contributed by atoms with Crippen LogP contribution in [0.2, 0.25) is 0 Å². The van der Waals surface area contributed by atoms with E-state index in [9.17, 15) is 14.4 Å². The average molecular weight is 419 g/mol. The number of ether oxygens (including phenoxy) is 2. The molecule has 0 heterocycles. The van der Waals surface area contributed by atoms with Crippen molar-refractivity contribution in [3.63, 3.8) is 0 Å². The highest BCUT2D eigenvalue weighted by Crippen LogP contribution is 2.67. The molecule has 4 aliphatic rings. The summed E-state index contributed by atoms with van der Waals surface area (Å²) in [6.07, 6.45) is 8.25. The maximum atomic E-state index is 12.6. The van der Waals surface area contributed by atoms with E-state index in [0.717, 1.165) is 38.5 Å². The summed E-state index contributed by atoms with van der Waals surface area (Å²) in [5.74, 6) is 1.86. The second-order valence-corrected chi connectivity index (χ2v) is 11.2. The van der Waals surface area contributed by atoms with E-state index in [1.54, 1.807) is 6.92 Å². The molecule has 0 bridgehead atoms. The summed E-state index contributed by atoms with van der Waals surface area (Å²) >= 11 is 0. The van der Waals surface area contributed by atoms with Crippen LogP contribution in [0.1, 0.15) is 86.0 Å². The fourth-order valence-corrected chi connectivity index (χ4v) is 8.60. The molecule has 5 heteroatoms. The number of carbonyl (C=O) groups is 3. The molecule has 0 aromatic heterocycles. The predicted octanol–water partition coefficient (Wildman–Crippen LogP) is 4.71. The summed E-state index contributed by atoms with van der Waals surface area (Å²) in [5.41, 5.74) is 0.220. The summed E-state index contributed by atoms with van der Waals surface area (Å²) in [6, 6.07) is 0. The zero-order valence-corrected chi connectivity index (χ0v) is 19.2. The third-order valence-electron chi connectivity index (χ3n) is 9.71. The molecule has 0 saturated heterocycles. The second-order valence-electron chi connectivity index (χ2n) is 11.2. The van der Waals surface area contributed by atoms with Crippen LogP contribution in [0.25, 0.3) is 0 Å². The first-order valence-corrected chi connectivity index (χ1v) is 11.9. The Kier molecular flexibility index (Phi) is 5.55. The molecule has 0 radical (unpaired) electrons. The van der Waals surface area contributed by atoms with Gasteiger partial charge in [0.15, 0.2) is 0 Å². The zero-order valence-electron chi connectivity index (χ0n) is 19.2. The lowest BCUT2D eigenvalue weighted by molar-refractivity contribution is -0.161. The lowest BCUT2D eigenvalue weighted by Gasteiger charge is -2.60. The van der Waals surface area contributed by atoms with Gasteiger partial charge in [0.2, 0.25) is 0 Å². The van der Waals surface area contributed by atoms with Crippen LogP contribution in [0, 0.1) is 40.4 Å². The van der Waals surface area contributed by atoms with Gasteiger partial charge in [0.1, 0.15) is 18.0 Å². The van der Waals surface area contributed by atoms with Crippen molar-refractivity contribution < 1.29 is 23.9 Å². The first-order chi connectivity index (χ1) is 14.1. The molecule has 30 heavy (non-hydrogen) atoms. The summed E-state index contributed by atoms with van der Waals surface area (Å²) in [5, 5.41) is 0. The van der Waals surface area contributed by atoms with E-state index < -0.39 is 0 Å². The second kappa shape index (κ2) is 7.63. The molecule has 4 fully saturated rings. The molecule has 9 atom stereocenters. The Labute approximate surface area is 180 Å². The fourth-order valence-electron chi connectivity index (χ4n) is 8.60. The first kappa shape index (κ1) is 21.8. The van der Waals surface area contributed by atoms with Gasteiger partial charge >= 0.3 is 11.9 Å². The molecule has 0 aromatic rings. The molecule has 4 aliphatic carbocycles. The zero-order chi connectivity index (χ0) is 21.8. The smallest absolute Gasteiger partial charge is 0.302 e. The van der Waals surface area contributed by atoms with Crippen LogP contribution >= 0.6 is 0 Å². The first-order valence-electron chi connectivity index (χ1n) is 11.9. The number of Topliss-reactive ketones (excluding diaryl/α,β-unsaturated/α-hetero) is 1. The minimum atomic E-state index is -0.274. The van der Waals surface area contributed by atoms with Crippen LogP contribution in [-0.2, 0) is 23.9 Å². The molecule has 0 N–H and O–H groups in total. The molecule has 0 aliphatic heterocycles. The highest BCUT2D eigenvalue weighted by atomic mass is 16.5. The molecule has 0 aromatic carbocycles. The molecule has 0 unspecified atom stereocenters. The van der Waals surface area contributed by atoms with Gasteiger partial charge in [-0.3, -0.25) is 14.4 Å². The number of hydrogen-bond donors (Lipinski definition) is 0. The fraction of sp³-hybridized carbons (Fsp3) is 0.880. The maximum Gasteiger partial charge on any atom is 0.302 e. The van der Waals surface area contributed by atoms with Crippen LogP contribution in [0.4, 0.5) is 0 Å². The number of fused-ring (bicyclic) bond motifs is 5. The van der Waals surface area contributed by atoms with Crippen LogP contribution in [-0.4, -0.2) is 29.9 Å². The Morgan fingerprint density at radius 3 is 2.07 bits per heavy atom. The largest absolute Gasteiger partial charge is 0.463 e. The standard InChI is InChI=1S/C25H38O5/c1-14(26)23-22(30-16(3)28)13-21-19-7-6-17-12-18(29-15(2)27)8-10-24(17,4)20(19)9-11-25(21,23)5/h17-23H,6-13H2,1-5H3/t17-,18-,19+,20+,21-,22+,23-,24-,25-/m0/s1. The van der Waals surface area contributed by atoms with Crippen molar-refractivity contribution >= 4 is 17.7 Å². The van der Waals surface area contributed by atoms with Gasteiger partial charge in [0, 0.05) is 13.8 Å². The average Bonchev–Trinajstić information content (AvgIpc) is 2.92. The molecule has 168 valence electrons.